The molecule has 3 rings (SSSR count). The van der Waals surface area contributed by atoms with Gasteiger partial charge in [-0.25, -0.2) is 0 Å². The number of pyridine rings is 1. The monoisotopic (exact) mass is 358 g/mol. The van der Waals surface area contributed by atoms with Crippen molar-refractivity contribution >= 4 is 21.8 Å². The largest absolute Gasteiger partial charge is 0.335 e. The molecule has 1 heterocycles. The molecule has 1 aliphatic rings. The summed E-state index contributed by atoms with van der Waals surface area (Å²) in [5.41, 5.74) is 2.34. The number of carbonyl (C=O) groups excluding carboxylic acids is 1. The van der Waals surface area contributed by atoms with Crippen molar-refractivity contribution in [3.05, 3.63) is 64.4 Å². The second kappa shape index (κ2) is 7.05. The second-order valence-electron chi connectivity index (χ2n) is 5.70. The van der Waals surface area contributed by atoms with Crippen LogP contribution in [0.2, 0.25) is 0 Å². The molecule has 0 atom stereocenters. The normalized spacial score (nSPS) is 13.9. The van der Waals surface area contributed by atoms with Crippen molar-refractivity contribution in [1.82, 2.24) is 9.88 Å². The van der Waals surface area contributed by atoms with Crippen molar-refractivity contribution in [1.29, 1.82) is 0 Å². The van der Waals surface area contributed by atoms with Crippen LogP contribution in [-0.4, -0.2) is 21.8 Å². The van der Waals surface area contributed by atoms with Gasteiger partial charge in [0.25, 0.3) is 0 Å². The Hall–Kier alpha value is -1.68. The molecule has 0 aliphatic heterocycles. The minimum Gasteiger partial charge on any atom is -0.335 e. The Kier molecular flexibility index (Phi) is 4.88. The third kappa shape index (κ3) is 3.95. The van der Waals surface area contributed by atoms with Crippen molar-refractivity contribution in [3.8, 4) is 0 Å². The highest BCUT2D eigenvalue weighted by molar-refractivity contribution is 9.10. The molecule has 1 amide bonds. The van der Waals surface area contributed by atoms with Crippen LogP contribution in [0.4, 0.5) is 0 Å². The number of amides is 1. The van der Waals surface area contributed by atoms with Gasteiger partial charge in [-0.15, -0.1) is 0 Å². The summed E-state index contributed by atoms with van der Waals surface area (Å²) in [5, 5.41) is 0. The molecule has 0 spiro atoms. The summed E-state index contributed by atoms with van der Waals surface area (Å²) in [4.78, 5) is 18.7. The number of benzene rings is 1. The van der Waals surface area contributed by atoms with E-state index in [1.54, 1.807) is 12.4 Å². The van der Waals surface area contributed by atoms with Crippen LogP contribution in [0.3, 0.4) is 0 Å². The second-order valence-corrected chi connectivity index (χ2v) is 6.55. The topological polar surface area (TPSA) is 33.2 Å². The fourth-order valence-corrected chi connectivity index (χ4v) is 3.06. The third-order valence-electron chi connectivity index (χ3n) is 3.98. The standard InChI is InChI=1S/C18H19BrN2O/c19-17-4-2-1-3-15(17)5-8-18(22)21(16-6-7-16)13-14-9-11-20-12-10-14/h1-4,9-12,16H,5-8,13H2. The van der Waals surface area contributed by atoms with E-state index in [-0.39, 0.29) is 5.91 Å². The number of halogens is 1. The van der Waals surface area contributed by atoms with Crippen LogP contribution in [0.25, 0.3) is 0 Å². The Balaban J connectivity index is 1.62. The Bertz CT molecular complexity index is 641. The van der Waals surface area contributed by atoms with E-state index in [1.807, 2.05) is 35.2 Å². The van der Waals surface area contributed by atoms with E-state index in [2.05, 4.69) is 27.0 Å². The molecule has 4 heteroatoms. The lowest BCUT2D eigenvalue weighted by molar-refractivity contribution is -0.132. The number of rotatable bonds is 6. The minimum absolute atomic E-state index is 0.245. The zero-order valence-electron chi connectivity index (χ0n) is 12.4. The van der Waals surface area contributed by atoms with Gasteiger partial charge in [0.1, 0.15) is 0 Å². The van der Waals surface area contributed by atoms with E-state index >= 15 is 0 Å². The highest BCUT2D eigenvalue weighted by Gasteiger charge is 2.32. The highest BCUT2D eigenvalue weighted by Crippen LogP contribution is 2.29. The van der Waals surface area contributed by atoms with Gasteiger partial charge in [-0.2, -0.15) is 0 Å². The van der Waals surface area contributed by atoms with Crippen LogP contribution in [0, 0.1) is 0 Å². The van der Waals surface area contributed by atoms with Crippen LogP contribution >= 0.6 is 15.9 Å². The first-order chi connectivity index (χ1) is 10.7. The highest BCUT2D eigenvalue weighted by atomic mass is 79.9. The Morgan fingerprint density at radius 1 is 1.18 bits per heavy atom. The van der Waals surface area contributed by atoms with E-state index in [1.165, 1.54) is 5.56 Å². The van der Waals surface area contributed by atoms with Crippen molar-refractivity contribution < 1.29 is 4.79 Å². The van der Waals surface area contributed by atoms with Gasteiger partial charge in [-0.05, 0) is 48.6 Å². The number of hydrogen-bond donors (Lipinski definition) is 0. The Labute approximate surface area is 139 Å². The van der Waals surface area contributed by atoms with Crippen LogP contribution in [0.15, 0.2) is 53.3 Å². The third-order valence-corrected chi connectivity index (χ3v) is 4.75. The smallest absolute Gasteiger partial charge is 0.223 e. The summed E-state index contributed by atoms with van der Waals surface area (Å²) >= 11 is 3.55. The quantitative estimate of drug-likeness (QED) is 0.782. The molecule has 0 radical (unpaired) electrons. The Morgan fingerprint density at radius 2 is 1.91 bits per heavy atom. The molecule has 1 aromatic heterocycles. The fourth-order valence-electron chi connectivity index (χ4n) is 2.58. The van der Waals surface area contributed by atoms with Gasteiger partial charge < -0.3 is 4.90 Å². The number of aryl methyl sites for hydroxylation is 1. The molecule has 0 bridgehead atoms. The summed E-state index contributed by atoms with van der Waals surface area (Å²) in [6.45, 7) is 0.696. The molecule has 114 valence electrons. The predicted octanol–water partition coefficient (Wildman–Crippen LogP) is 3.97. The average molecular weight is 359 g/mol. The Morgan fingerprint density at radius 3 is 2.59 bits per heavy atom. The molecule has 2 aromatic rings. The van der Waals surface area contributed by atoms with Crippen LogP contribution in [0.1, 0.15) is 30.4 Å². The van der Waals surface area contributed by atoms with Gasteiger partial charge in [0.05, 0.1) is 0 Å². The van der Waals surface area contributed by atoms with Crippen molar-refractivity contribution in [2.75, 3.05) is 0 Å². The lowest BCUT2D eigenvalue weighted by Gasteiger charge is -2.22. The van der Waals surface area contributed by atoms with Crippen molar-refractivity contribution in [2.24, 2.45) is 0 Å². The number of aromatic nitrogens is 1. The van der Waals surface area contributed by atoms with E-state index in [9.17, 15) is 4.79 Å². The summed E-state index contributed by atoms with van der Waals surface area (Å²) < 4.78 is 1.08. The number of hydrogen-bond acceptors (Lipinski definition) is 2. The predicted molar refractivity (Wildman–Crippen MR) is 90.3 cm³/mol. The lowest BCUT2D eigenvalue weighted by Crippen LogP contribution is -2.32. The molecule has 1 aromatic carbocycles. The minimum atomic E-state index is 0.245. The van der Waals surface area contributed by atoms with Gasteiger partial charge in [0.2, 0.25) is 5.91 Å². The first-order valence-corrected chi connectivity index (χ1v) is 8.45. The molecule has 22 heavy (non-hydrogen) atoms. The number of nitrogens with zero attached hydrogens (tertiary/aromatic N) is 2. The van der Waals surface area contributed by atoms with Gasteiger partial charge in [0, 0.05) is 35.9 Å². The average Bonchev–Trinajstić information content (AvgIpc) is 3.37. The summed E-state index contributed by atoms with van der Waals surface area (Å²) in [7, 11) is 0. The molecule has 0 saturated heterocycles. The fraction of sp³-hybridized carbons (Fsp3) is 0.333. The molecule has 1 aliphatic carbocycles. The molecule has 0 N–H and O–H groups in total. The van der Waals surface area contributed by atoms with Gasteiger partial charge in [-0.3, -0.25) is 9.78 Å². The molecule has 1 fully saturated rings. The van der Waals surface area contributed by atoms with E-state index < -0.39 is 0 Å². The maximum atomic E-state index is 12.6. The first-order valence-electron chi connectivity index (χ1n) is 7.66. The summed E-state index contributed by atoms with van der Waals surface area (Å²) in [6, 6.07) is 12.5. The van der Waals surface area contributed by atoms with E-state index in [4.69, 9.17) is 0 Å². The van der Waals surface area contributed by atoms with Crippen molar-refractivity contribution in [2.45, 2.75) is 38.3 Å². The lowest BCUT2D eigenvalue weighted by atomic mass is 10.1. The van der Waals surface area contributed by atoms with E-state index in [0.717, 1.165) is 29.3 Å². The summed E-state index contributed by atoms with van der Waals surface area (Å²) in [6.07, 6.45) is 7.17. The van der Waals surface area contributed by atoms with Gasteiger partial charge in [0.15, 0.2) is 0 Å². The van der Waals surface area contributed by atoms with Gasteiger partial charge in [-0.1, -0.05) is 34.1 Å². The molecular formula is C18H19BrN2O. The SMILES string of the molecule is O=C(CCc1ccccc1Br)N(Cc1ccncc1)C1CC1. The maximum Gasteiger partial charge on any atom is 0.223 e. The van der Waals surface area contributed by atoms with Gasteiger partial charge >= 0.3 is 0 Å². The maximum absolute atomic E-state index is 12.6. The molecule has 3 nitrogen and oxygen atoms in total. The molecular weight excluding hydrogens is 340 g/mol. The van der Waals surface area contributed by atoms with E-state index in [0.29, 0.717) is 19.0 Å². The van der Waals surface area contributed by atoms with Crippen molar-refractivity contribution in [3.63, 3.8) is 0 Å². The van der Waals surface area contributed by atoms with Crippen LogP contribution in [-0.2, 0) is 17.8 Å². The zero-order valence-corrected chi connectivity index (χ0v) is 14.0. The summed E-state index contributed by atoms with van der Waals surface area (Å²) in [5.74, 6) is 0.245. The molecule has 1 saturated carbocycles. The first kappa shape index (κ1) is 15.2. The van der Waals surface area contributed by atoms with Crippen LogP contribution in [0.5, 0.6) is 0 Å². The van der Waals surface area contributed by atoms with Crippen LogP contribution < -0.4 is 0 Å². The zero-order chi connectivity index (χ0) is 15.4. The number of carbonyl (C=O) groups is 1. The molecule has 0 unspecified atom stereocenters.